The van der Waals surface area contributed by atoms with Crippen LogP contribution in [0.15, 0.2) is 59.8 Å². The summed E-state index contributed by atoms with van der Waals surface area (Å²) in [6.07, 6.45) is 4.68. The number of pyridine rings is 1. The van der Waals surface area contributed by atoms with Gasteiger partial charge in [-0.2, -0.15) is 0 Å². The zero-order valence-electron chi connectivity index (χ0n) is 14.1. The van der Waals surface area contributed by atoms with Crippen LogP contribution in [0.4, 0.5) is 0 Å². The van der Waals surface area contributed by atoms with Crippen molar-refractivity contribution < 1.29 is 4.79 Å². The zero-order chi connectivity index (χ0) is 17.6. The minimum absolute atomic E-state index is 0.0264. The molecule has 3 rings (SSSR count). The Kier molecular flexibility index (Phi) is 5.18. The molecule has 3 aromatic rings. The molecule has 0 radical (unpaired) electrons. The van der Waals surface area contributed by atoms with Crippen molar-refractivity contribution in [1.29, 1.82) is 0 Å². The van der Waals surface area contributed by atoms with Crippen LogP contribution in [0.2, 0.25) is 0 Å². The second-order valence-corrected chi connectivity index (χ2v) is 6.05. The van der Waals surface area contributed by atoms with Crippen LogP contribution < -0.4 is 10.9 Å². The van der Waals surface area contributed by atoms with Gasteiger partial charge in [-0.3, -0.25) is 14.2 Å². The molecule has 0 unspecified atom stereocenters. The topological polar surface area (TPSA) is 76.9 Å². The molecule has 0 bridgehead atoms. The quantitative estimate of drug-likeness (QED) is 0.746. The average Bonchev–Trinajstić information content (AvgIpc) is 2.63. The van der Waals surface area contributed by atoms with Crippen LogP contribution in [0, 0.1) is 0 Å². The number of carbonyl (C=O) groups excluding carboxylic acids is 1. The first-order valence-electron chi connectivity index (χ1n) is 8.27. The van der Waals surface area contributed by atoms with Gasteiger partial charge < -0.3 is 5.32 Å². The fraction of sp³-hybridized carbons (Fsp3) is 0.263. The molecule has 2 aromatic heterocycles. The van der Waals surface area contributed by atoms with E-state index in [-0.39, 0.29) is 24.1 Å². The molecule has 0 aliphatic heterocycles. The first-order valence-corrected chi connectivity index (χ1v) is 8.27. The lowest BCUT2D eigenvalue weighted by atomic mass is 10.1. The second kappa shape index (κ2) is 7.70. The number of fused-ring (bicyclic) bond motifs is 1. The van der Waals surface area contributed by atoms with Gasteiger partial charge in [-0.05, 0) is 37.5 Å². The Morgan fingerprint density at radius 1 is 1.16 bits per heavy atom. The van der Waals surface area contributed by atoms with E-state index >= 15 is 0 Å². The van der Waals surface area contributed by atoms with Gasteiger partial charge in [0.2, 0.25) is 5.91 Å². The maximum Gasteiger partial charge on any atom is 0.263 e. The van der Waals surface area contributed by atoms with E-state index in [1.54, 1.807) is 18.3 Å². The van der Waals surface area contributed by atoms with Gasteiger partial charge in [-0.25, -0.2) is 9.97 Å². The number of rotatable bonds is 6. The summed E-state index contributed by atoms with van der Waals surface area (Å²) in [6.45, 7) is 1.92. The number of hydrogen-bond donors (Lipinski definition) is 1. The molecule has 0 saturated carbocycles. The zero-order valence-corrected chi connectivity index (χ0v) is 14.1. The third kappa shape index (κ3) is 4.29. The molecule has 6 heteroatoms. The second-order valence-electron chi connectivity index (χ2n) is 6.05. The van der Waals surface area contributed by atoms with Crippen molar-refractivity contribution in [2.45, 2.75) is 32.4 Å². The van der Waals surface area contributed by atoms with E-state index < -0.39 is 0 Å². The SMILES string of the molecule is C[C@@H](CCc1ccccc1)NC(=O)Cn1cnc2ncccc2c1=O. The summed E-state index contributed by atoms with van der Waals surface area (Å²) in [5.74, 6) is -0.201. The van der Waals surface area contributed by atoms with E-state index in [0.717, 1.165) is 12.8 Å². The molecule has 0 saturated heterocycles. The highest BCUT2D eigenvalue weighted by molar-refractivity contribution is 5.77. The van der Waals surface area contributed by atoms with Crippen molar-refractivity contribution in [2.24, 2.45) is 0 Å². The Balaban J connectivity index is 1.59. The predicted octanol–water partition coefficient (Wildman–Crippen LogP) is 1.93. The van der Waals surface area contributed by atoms with Gasteiger partial charge in [-0.15, -0.1) is 0 Å². The van der Waals surface area contributed by atoms with Crippen LogP contribution in [0.5, 0.6) is 0 Å². The number of aryl methyl sites for hydroxylation is 1. The summed E-state index contributed by atoms with van der Waals surface area (Å²) in [5.41, 5.74) is 1.37. The fourth-order valence-corrected chi connectivity index (χ4v) is 2.69. The van der Waals surface area contributed by atoms with Crippen molar-refractivity contribution >= 4 is 16.9 Å². The smallest absolute Gasteiger partial charge is 0.263 e. The fourth-order valence-electron chi connectivity index (χ4n) is 2.69. The van der Waals surface area contributed by atoms with E-state index in [2.05, 4.69) is 27.4 Å². The normalized spacial score (nSPS) is 12.0. The lowest BCUT2D eigenvalue weighted by Gasteiger charge is -2.14. The minimum atomic E-state index is -0.259. The Morgan fingerprint density at radius 2 is 1.96 bits per heavy atom. The Bertz CT molecular complexity index is 921. The molecule has 0 aliphatic carbocycles. The lowest BCUT2D eigenvalue weighted by molar-refractivity contribution is -0.122. The predicted molar refractivity (Wildman–Crippen MR) is 96.2 cm³/mol. The highest BCUT2D eigenvalue weighted by atomic mass is 16.2. The molecule has 25 heavy (non-hydrogen) atoms. The number of carbonyl (C=O) groups is 1. The molecule has 1 atom stereocenters. The van der Waals surface area contributed by atoms with Gasteiger partial charge in [0.05, 0.1) is 5.39 Å². The van der Waals surface area contributed by atoms with Crippen molar-refractivity contribution in [3.63, 3.8) is 0 Å². The van der Waals surface area contributed by atoms with E-state index in [1.807, 2.05) is 25.1 Å². The number of aromatic nitrogens is 3. The molecular weight excluding hydrogens is 316 g/mol. The van der Waals surface area contributed by atoms with E-state index in [1.165, 1.54) is 16.5 Å². The van der Waals surface area contributed by atoms with E-state index in [0.29, 0.717) is 11.0 Å². The number of hydrogen-bond acceptors (Lipinski definition) is 4. The molecule has 1 N–H and O–H groups in total. The van der Waals surface area contributed by atoms with Gasteiger partial charge in [0.1, 0.15) is 12.9 Å². The number of nitrogens with one attached hydrogen (secondary N) is 1. The highest BCUT2D eigenvalue weighted by Crippen LogP contribution is 2.05. The molecule has 0 spiro atoms. The number of benzene rings is 1. The Labute approximate surface area is 145 Å². The summed E-state index contributed by atoms with van der Waals surface area (Å²) in [5, 5.41) is 3.34. The highest BCUT2D eigenvalue weighted by Gasteiger charge is 2.11. The average molecular weight is 336 g/mol. The summed E-state index contributed by atoms with van der Waals surface area (Å²) >= 11 is 0. The van der Waals surface area contributed by atoms with Crippen molar-refractivity contribution in [1.82, 2.24) is 19.9 Å². The summed E-state index contributed by atoms with van der Waals surface area (Å²) < 4.78 is 1.31. The third-order valence-corrected chi connectivity index (χ3v) is 4.03. The first kappa shape index (κ1) is 16.8. The van der Waals surface area contributed by atoms with E-state index in [9.17, 15) is 9.59 Å². The molecule has 0 aliphatic rings. The standard InChI is InChI=1S/C19H20N4O2/c1-14(9-10-15-6-3-2-4-7-15)22-17(24)12-23-13-21-18-16(19(23)25)8-5-11-20-18/h2-8,11,13-14H,9-10,12H2,1H3,(H,22,24)/t14-/m0/s1. The summed E-state index contributed by atoms with van der Waals surface area (Å²) in [4.78, 5) is 32.7. The van der Waals surface area contributed by atoms with Gasteiger partial charge in [-0.1, -0.05) is 30.3 Å². The van der Waals surface area contributed by atoms with E-state index in [4.69, 9.17) is 0 Å². The summed E-state index contributed by atoms with van der Waals surface area (Å²) in [7, 11) is 0. The van der Waals surface area contributed by atoms with Crippen molar-refractivity contribution in [2.75, 3.05) is 0 Å². The van der Waals surface area contributed by atoms with Crippen LogP contribution in [0.1, 0.15) is 18.9 Å². The Morgan fingerprint density at radius 3 is 2.76 bits per heavy atom. The van der Waals surface area contributed by atoms with Crippen LogP contribution in [-0.2, 0) is 17.8 Å². The van der Waals surface area contributed by atoms with Crippen LogP contribution in [0.25, 0.3) is 11.0 Å². The van der Waals surface area contributed by atoms with Gasteiger partial charge in [0.25, 0.3) is 5.56 Å². The molecule has 6 nitrogen and oxygen atoms in total. The Hall–Kier alpha value is -3.02. The van der Waals surface area contributed by atoms with Gasteiger partial charge >= 0.3 is 0 Å². The third-order valence-electron chi connectivity index (χ3n) is 4.03. The minimum Gasteiger partial charge on any atom is -0.352 e. The van der Waals surface area contributed by atoms with Crippen LogP contribution >= 0.6 is 0 Å². The van der Waals surface area contributed by atoms with Gasteiger partial charge in [0.15, 0.2) is 5.65 Å². The largest absolute Gasteiger partial charge is 0.352 e. The maximum absolute atomic E-state index is 12.4. The first-order chi connectivity index (χ1) is 12.1. The summed E-state index contributed by atoms with van der Waals surface area (Å²) in [6, 6.07) is 13.5. The van der Waals surface area contributed by atoms with Gasteiger partial charge in [0, 0.05) is 12.2 Å². The van der Waals surface area contributed by atoms with Crippen LogP contribution in [-0.4, -0.2) is 26.5 Å². The number of nitrogens with zero attached hydrogens (tertiary/aromatic N) is 3. The van der Waals surface area contributed by atoms with Crippen LogP contribution in [0.3, 0.4) is 0 Å². The monoisotopic (exact) mass is 336 g/mol. The molecular formula is C19H20N4O2. The van der Waals surface area contributed by atoms with Crippen molar-refractivity contribution in [3.05, 3.63) is 70.9 Å². The van der Waals surface area contributed by atoms with Crippen molar-refractivity contribution in [3.8, 4) is 0 Å². The molecule has 1 aromatic carbocycles. The molecule has 1 amide bonds. The lowest BCUT2D eigenvalue weighted by Crippen LogP contribution is -2.37. The molecule has 2 heterocycles. The molecule has 0 fully saturated rings. The maximum atomic E-state index is 12.4. The number of amides is 1. The molecule has 128 valence electrons.